The Morgan fingerprint density at radius 3 is 2.68 bits per heavy atom. The monoisotopic (exact) mass is 573 g/mol. The van der Waals surface area contributed by atoms with Crippen molar-refractivity contribution in [3.05, 3.63) is 123 Å². The summed E-state index contributed by atoms with van der Waals surface area (Å²) < 4.78 is 20.9. The molecule has 0 heterocycles. The van der Waals surface area contributed by atoms with Crippen LogP contribution in [-0.4, -0.2) is 37.7 Å². The molecule has 2 aromatic rings. The second-order valence-electron chi connectivity index (χ2n) is 10.1. The van der Waals surface area contributed by atoms with Crippen molar-refractivity contribution in [1.29, 1.82) is 0 Å². The molecule has 6 heteroatoms. The number of allylic oxidation sites excluding steroid dienone is 10. The molecule has 0 spiro atoms. The molecule has 41 heavy (non-hydrogen) atoms. The number of fused-ring (bicyclic) bond motifs is 1. The maximum Gasteiger partial charge on any atom is 0.164 e. The second-order valence-corrected chi connectivity index (χ2v) is 10.5. The highest BCUT2D eigenvalue weighted by molar-refractivity contribution is 6.34. The van der Waals surface area contributed by atoms with Crippen LogP contribution in [0.4, 0.5) is 4.39 Å². The average molecular weight is 574 g/mol. The molecule has 2 aliphatic rings. The summed E-state index contributed by atoms with van der Waals surface area (Å²) >= 11 is 6.60. The third-order valence-corrected chi connectivity index (χ3v) is 7.68. The van der Waals surface area contributed by atoms with Gasteiger partial charge < -0.3 is 15.2 Å². The van der Waals surface area contributed by atoms with E-state index in [2.05, 4.69) is 24.0 Å². The van der Waals surface area contributed by atoms with Crippen LogP contribution in [0.15, 0.2) is 90.1 Å². The molecule has 2 aromatic carbocycles. The number of aliphatic hydroxyl groups excluding tert-OH is 1. The number of benzene rings is 2. The number of hydrogen-bond acceptors (Lipinski definition) is 4. The summed E-state index contributed by atoms with van der Waals surface area (Å²) in [4.78, 5) is 12.8. The minimum atomic E-state index is -0.358. The Labute approximate surface area is 247 Å². The highest BCUT2D eigenvalue weighted by Gasteiger charge is 2.24. The molecule has 0 aliphatic heterocycles. The first kappa shape index (κ1) is 30.4. The Bertz CT molecular complexity index is 1450. The van der Waals surface area contributed by atoms with Crippen LogP contribution in [0.1, 0.15) is 59.2 Å². The molecule has 2 N–H and O–H groups in total. The molecule has 4 rings (SSSR count). The lowest BCUT2D eigenvalue weighted by atomic mass is 9.87. The van der Waals surface area contributed by atoms with Crippen LogP contribution in [0.5, 0.6) is 5.75 Å². The van der Waals surface area contributed by atoms with Gasteiger partial charge in [-0.05, 0) is 84.3 Å². The van der Waals surface area contributed by atoms with Crippen molar-refractivity contribution in [1.82, 2.24) is 5.32 Å². The quantitative estimate of drug-likeness (QED) is 0.179. The van der Waals surface area contributed by atoms with Crippen molar-refractivity contribution in [2.45, 2.75) is 38.5 Å². The molecule has 0 bridgehead atoms. The zero-order chi connectivity index (χ0) is 29.2. The standard InChI is InChI=1S/C35H37ClFNO3/c1-3-26-34(41-2)18-17-30(35(26)37)29-16-15-27-25(10-6-4-7-11-28(27)29)22-24-13-14-31(32(36)23-24)33(40)12-8-5-9-19-38-20-21-39/h3-4,7,10-11,13-18,23,38-39H,1,5-6,8-9,12,19-22H2,2H3/b7-4-,25-10+,28-11?. The smallest absolute Gasteiger partial charge is 0.164 e. The van der Waals surface area contributed by atoms with Gasteiger partial charge in [0.2, 0.25) is 0 Å². The molecule has 0 fully saturated rings. The van der Waals surface area contributed by atoms with Crippen molar-refractivity contribution < 1.29 is 19.0 Å². The summed E-state index contributed by atoms with van der Waals surface area (Å²) in [5.41, 5.74) is 6.34. The van der Waals surface area contributed by atoms with Gasteiger partial charge in [0.25, 0.3) is 0 Å². The van der Waals surface area contributed by atoms with Crippen LogP contribution in [0.2, 0.25) is 5.02 Å². The Hall–Kier alpha value is -3.51. The number of methoxy groups -OCH3 is 1. The van der Waals surface area contributed by atoms with E-state index in [-0.39, 0.29) is 18.2 Å². The van der Waals surface area contributed by atoms with E-state index in [0.29, 0.717) is 46.8 Å². The molecule has 2 aliphatic carbocycles. The highest BCUT2D eigenvalue weighted by Crippen LogP contribution is 2.42. The molecule has 0 aromatic heterocycles. The largest absolute Gasteiger partial charge is 0.496 e. The van der Waals surface area contributed by atoms with Gasteiger partial charge in [-0.1, -0.05) is 73.2 Å². The lowest BCUT2D eigenvalue weighted by Crippen LogP contribution is -2.19. The molecule has 4 nitrogen and oxygen atoms in total. The van der Waals surface area contributed by atoms with Crippen molar-refractivity contribution in [3.63, 3.8) is 0 Å². The third kappa shape index (κ3) is 7.42. The fraction of sp³-hybridized carbons (Fsp3) is 0.286. The van der Waals surface area contributed by atoms with Crippen LogP contribution < -0.4 is 10.1 Å². The highest BCUT2D eigenvalue weighted by atomic mass is 35.5. The van der Waals surface area contributed by atoms with E-state index in [4.69, 9.17) is 21.4 Å². The summed E-state index contributed by atoms with van der Waals surface area (Å²) in [5.74, 6) is 0.145. The number of carbonyl (C=O) groups is 1. The van der Waals surface area contributed by atoms with Crippen LogP contribution in [0.3, 0.4) is 0 Å². The minimum absolute atomic E-state index is 0.0538. The van der Waals surface area contributed by atoms with Crippen molar-refractivity contribution in [2.75, 3.05) is 26.8 Å². The first-order chi connectivity index (χ1) is 20.0. The normalized spacial score (nSPS) is 16.4. The number of unbranched alkanes of at least 4 members (excludes halogenated alkanes) is 2. The van der Waals surface area contributed by atoms with E-state index in [9.17, 15) is 4.79 Å². The van der Waals surface area contributed by atoms with E-state index in [1.807, 2.05) is 42.5 Å². The molecular formula is C35H37ClFNO3. The zero-order valence-corrected chi connectivity index (χ0v) is 24.3. The fourth-order valence-corrected chi connectivity index (χ4v) is 5.54. The first-order valence-corrected chi connectivity index (χ1v) is 14.5. The van der Waals surface area contributed by atoms with Crippen LogP contribution in [-0.2, 0) is 6.42 Å². The summed E-state index contributed by atoms with van der Waals surface area (Å²) in [6, 6.07) is 9.21. The molecule has 0 saturated carbocycles. The average Bonchev–Trinajstić information content (AvgIpc) is 3.36. The Morgan fingerprint density at radius 2 is 1.93 bits per heavy atom. The maximum absolute atomic E-state index is 15.5. The first-order valence-electron chi connectivity index (χ1n) is 14.1. The Morgan fingerprint density at radius 1 is 1.10 bits per heavy atom. The van der Waals surface area contributed by atoms with Gasteiger partial charge in [0.05, 0.1) is 24.3 Å². The van der Waals surface area contributed by atoms with Crippen molar-refractivity contribution >= 4 is 29.0 Å². The summed E-state index contributed by atoms with van der Waals surface area (Å²) in [6.07, 6.45) is 18.4. The van der Waals surface area contributed by atoms with Gasteiger partial charge in [-0.2, -0.15) is 0 Å². The van der Waals surface area contributed by atoms with Crippen molar-refractivity contribution in [2.24, 2.45) is 0 Å². The summed E-state index contributed by atoms with van der Waals surface area (Å²) in [6.45, 7) is 5.33. The van der Waals surface area contributed by atoms with E-state index in [0.717, 1.165) is 60.1 Å². The number of aliphatic hydroxyl groups is 1. The predicted molar refractivity (Wildman–Crippen MR) is 167 cm³/mol. The summed E-state index contributed by atoms with van der Waals surface area (Å²) in [7, 11) is 1.52. The minimum Gasteiger partial charge on any atom is -0.496 e. The van der Waals surface area contributed by atoms with Crippen molar-refractivity contribution in [3.8, 4) is 5.75 Å². The van der Waals surface area contributed by atoms with E-state index >= 15 is 4.39 Å². The number of ketones is 1. The number of halogens is 2. The Balaban J connectivity index is 1.46. The second kappa shape index (κ2) is 14.9. The summed E-state index contributed by atoms with van der Waals surface area (Å²) in [5, 5.41) is 12.4. The van der Waals surface area contributed by atoms with Gasteiger partial charge in [-0.3, -0.25) is 4.79 Å². The van der Waals surface area contributed by atoms with Crippen LogP contribution in [0, 0.1) is 5.82 Å². The van der Waals surface area contributed by atoms with Gasteiger partial charge in [0, 0.05) is 24.1 Å². The molecule has 214 valence electrons. The molecule has 0 radical (unpaired) electrons. The third-order valence-electron chi connectivity index (χ3n) is 7.37. The SMILES string of the molecule is C=Cc1c(OC)ccc(C2=CC=C3C2=C/C=C\C/C=C/3Cc2ccc(C(=O)CCCCCNCCO)c(Cl)c2)c1F. The molecular weight excluding hydrogens is 537 g/mol. The molecule has 0 amide bonds. The number of hydrogen-bond donors (Lipinski definition) is 2. The number of Topliss-reactive ketones (excluding diaryl/α,β-unsaturated/α-hetero) is 1. The van der Waals surface area contributed by atoms with Gasteiger partial charge in [-0.25, -0.2) is 4.39 Å². The lowest BCUT2D eigenvalue weighted by molar-refractivity contribution is 0.0979. The van der Waals surface area contributed by atoms with Gasteiger partial charge >= 0.3 is 0 Å². The topological polar surface area (TPSA) is 58.6 Å². The maximum atomic E-state index is 15.5. The molecule has 0 unspecified atom stereocenters. The lowest BCUT2D eigenvalue weighted by Gasteiger charge is -2.18. The van der Waals surface area contributed by atoms with Gasteiger partial charge in [0.15, 0.2) is 5.78 Å². The molecule has 0 saturated heterocycles. The number of ether oxygens (including phenoxy) is 1. The predicted octanol–water partition coefficient (Wildman–Crippen LogP) is 7.83. The Kier molecular flexibility index (Phi) is 11.1. The van der Waals surface area contributed by atoms with E-state index < -0.39 is 0 Å². The zero-order valence-electron chi connectivity index (χ0n) is 23.5. The van der Waals surface area contributed by atoms with E-state index in [1.165, 1.54) is 13.2 Å². The van der Waals surface area contributed by atoms with Crippen LogP contribution >= 0.6 is 11.6 Å². The van der Waals surface area contributed by atoms with Gasteiger partial charge in [-0.15, -0.1) is 0 Å². The number of nitrogens with one attached hydrogen (secondary N) is 1. The number of carbonyl (C=O) groups excluding carboxylic acids is 1. The van der Waals surface area contributed by atoms with E-state index in [1.54, 1.807) is 12.1 Å². The molecule has 0 atom stereocenters. The number of rotatable bonds is 14. The van der Waals surface area contributed by atoms with Gasteiger partial charge in [0.1, 0.15) is 11.6 Å². The fourth-order valence-electron chi connectivity index (χ4n) is 5.23. The van der Waals surface area contributed by atoms with Crippen LogP contribution in [0.25, 0.3) is 11.6 Å².